The highest BCUT2D eigenvalue weighted by atomic mass is 35.5. The van der Waals surface area contributed by atoms with E-state index in [4.69, 9.17) is 32.7 Å². The second-order valence-electron chi connectivity index (χ2n) is 5.17. The Hall–Kier alpha value is -2.45. The van der Waals surface area contributed by atoms with Crippen molar-refractivity contribution in [2.24, 2.45) is 0 Å². The second-order valence-corrected chi connectivity index (χ2v) is 5.99. The third-order valence-electron chi connectivity index (χ3n) is 3.57. The lowest BCUT2D eigenvalue weighted by molar-refractivity contribution is 0.133. The normalized spacial score (nSPS) is 10.3. The minimum absolute atomic E-state index is 0.0285. The molecule has 2 rings (SSSR count). The standard InChI is InChI=1S/C16H18Cl2N4O4/c1-9-11(7-25-15(23)19-2)14(8-26-16(24)20-3)21-22(9)10-4-5-12(17)13(18)6-10/h4-6H,7-8H2,1-3H3,(H,19,23)(H,20,24). The van der Waals surface area contributed by atoms with E-state index in [0.29, 0.717) is 32.7 Å². The molecule has 10 heteroatoms. The summed E-state index contributed by atoms with van der Waals surface area (Å²) in [4.78, 5) is 22.7. The van der Waals surface area contributed by atoms with Crippen LogP contribution in [0.1, 0.15) is 17.0 Å². The number of halogens is 2. The van der Waals surface area contributed by atoms with Crippen molar-refractivity contribution in [1.82, 2.24) is 20.4 Å². The number of nitrogens with zero attached hydrogens (tertiary/aromatic N) is 2. The molecule has 0 spiro atoms. The van der Waals surface area contributed by atoms with Crippen LogP contribution in [-0.4, -0.2) is 36.1 Å². The van der Waals surface area contributed by atoms with Crippen LogP contribution in [-0.2, 0) is 22.7 Å². The van der Waals surface area contributed by atoms with Crippen molar-refractivity contribution in [1.29, 1.82) is 0 Å². The van der Waals surface area contributed by atoms with Gasteiger partial charge in [0.05, 0.1) is 15.7 Å². The van der Waals surface area contributed by atoms with Crippen LogP contribution in [0.4, 0.5) is 9.59 Å². The summed E-state index contributed by atoms with van der Waals surface area (Å²) in [5.74, 6) is 0. The molecule has 0 radical (unpaired) electrons. The number of aromatic nitrogens is 2. The smallest absolute Gasteiger partial charge is 0.407 e. The average Bonchev–Trinajstić information content (AvgIpc) is 2.95. The van der Waals surface area contributed by atoms with Crippen molar-refractivity contribution < 1.29 is 19.1 Å². The molecule has 0 aliphatic carbocycles. The number of carbonyl (C=O) groups excluding carboxylic acids is 2. The number of amides is 2. The lowest BCUT2D eigenvalue weighted by atomic mass is 10.2. The molecule has 1 aromatic heterocycles. The predicted molar refractivity (Wildman–Crippen MR) is 96.8 cm³/mol. The van der Waals surface area contributed by atoms with Gasteiger partial charge in [-0.15, -0.1) is 0 Å². The zero-order valence-electron chi connectivity index (χ0n) is 14.4. The van der Waals surface area contributed by atoms with Gasteiger partial charge in [-0.1, -0.05) is 23.2 Å². The monoisotopic (exact) mass is 400 g/mol. The summed E-state index contributed by atoms with van der Waals surface area (Å²) in [6.07, 6.45) is -1.17. The Morgan fingerprint density at radius 1 is 1.08 bits per heavy atom. The maximum absolute atomic E-state index is 11.4. The van der Waals surface area contributed by atoms with E-state index >= 15 is 0 Å². The summed E-state index contributed by atoms with van der Waals surface area (Å²) in [6.45, 7) is 1.70. The van der Waals surface area contributed by atoms with Crippen molar-refractivity contribution in [3.8, 4) is 5.69 Å². The van der Waals surface area contributed by atoms with E-state index < -0.39 is 12.2 Å². The quantitative estimate of drug-likeness (QED) is 0.803. The summed E-state index contributed by atoms with van der Waals surface area (Å²) >= 11 is 12.0. The van der Waals surface area contributed by atoms with Gasteiger partial charge in [-0.25, -0.2) is 14.3 Å². The van der Waals surface area contributed by atoms with E-state index in [1.807, 2.05) is 0 Å². The maximum atomic E-state index is 11.4. The lowest BCUT2D eigenvalue weighted by Gasteiger charge is -2.07. The molecule has 0 saturated carbocycles. The predicted octanol–water partition coefficient (Wildman–Crippen LogP) is 3.20. The highest BCUT2D eigenvalue weighted by Gasteiger charge is 2.19. The number of rotatable bonds is 5. The van der Waals surface area contributed by atoms with E-state index in [0.717, 1.165) is 0 Å². The minimum atomic E-state index is -0.593. The van der Waals surface area contributed by atoms with Gasteiger partial charge in [-0.2, -0.15) is 5.10 Å². The Bertz CT molecular complexity index is 823. The third-order valence-corrected chi connectivity index (χ3v) is 4.31. The number of nitrogens with one attached hydrogen (secondary N) is 2. The number of hydrogen-bond donors (Lipinski definition) is 2. The van der Waals surface area contributed by atoms with Gasteiger partial charge in [-0.05, 0) is 25.1 Å². The molecule has 0 atom stereocenters. The second kappa shape index (κ2) is 8.77. The molecule has 1 aromatic carbocycles. The van der Waals surface area contributed by atoms with Gasteiger partial charge in [0.15, 0.2) is 0 Å². The van der Waals surface area contributed by atoms with Crippen molar-refractivity contribution >= 4 is 35.4 Å². The Kier molecular flexibility index (Phi) is 6.70. The molecule has 2 amide bonds. The van der Waals surface area contributed by atoms with Gasteiger partial charge >= 0.3 is 12.2 Å². The zero-order valence-corrected chi connectivity index (χ0v) is 15.9. The third kappa shape index (κ3) is 4.59. The van der Waals surface area contributed by atoms with Crippen LogP contribution in [0.25, 0.3) is 5.69 Å². The summed E-state index contributed by atoms with van der Waals surface area (Å²) < 4.78 is 11.8. The molecular formula is C16H18Cl2N4O4. The fraction of sp³-hybridized carbons (Fsp3) is 0.312. The fourth-order valence-electron chi connectivity index (χ4n) is 2.18. The van der Waals surface area contributed by atoms with Gasteiger partial charge in [0.2, 0.25) is 0 Å². The number of carbonyl (C=O) groups is 2. The Morgan fingerprint density at radius 3 is 2.27 bits per heavy atom. The molecule has 2 N–H and O–H groups in total. The molecule has 0 bridgehead atoms. The number of alkyl carbamates (subject to hydrolysis) is 2. The largest absolute Gasteiger partial charge is 0.445 e. The zero-order chi connectivity index (χ0) is 19.3. The van der Waals surface area contributed by atoms with Crippen LogP contribution < -0.4 is 10.6 Å². The SMILES string of the molecule is CNC(=O)OCc1nn(-c2ccc(Cl)c(Cl)c2)c(C)c1COC(=O)NC. The fourth-order valence-corrected chi connectivity index (χ4v) is 2.47. The molecule has 26 heavy (non-hydrogen) atoms. The van der Waals surface area contributed by atoms with Crippen LogP contribution >= 0.6 is 23.2 Å². The Morgan fingerprint density at radius 2 is 1.69 bits per heavy atom. The first-order chi connectivity index (χ1) is 12.4. The molecule has 2 aromatic rings. The first kappa shape index (κ1) is 19.9. The first-order valence-electron chi connectivity index (χ1n) is 7.59. The van der Waals surface area contributed by atoms with Gasteiger partial charge < -0.3 is 20.1 Å². The van der Waals surface area contributed by atoms with Crippen LogP contribution in [0.15, 0.2) is 18.2 Å². The van der Waals surface area contributed by atoms with Crippen LogP contribution in [0.2, 0.25) is 10.0 Å². The molecule has 0 aliphatic rings. The van der Waals surface area contributed by atoms with Crippen LogP contribution in [0.3, 0.4) is 0 Å². The molecule has 140 valence electrons. The van der Waals surface area contributed by atoms with Gasteiger partial charge in [0.25, 0.3) is 0 Å². The number of hydrogen-bond acceptors (Lipinski definition) is 5. The highest BCUT2D eigenvalue weighted by Crippen LogP contribution is 2.26. The van der Waals surface area contributed by atoms with Gasteiger partial charge in [-0.3, -0.25) is 0 Å². The van der Waals surface area contributed by atoms with E-state index in [1.54, 1.807) is 29.8 Å². The van der Waals surface area contributed by atoms with Gasteiger partial charge in [0, 0.05) is 25.4 Å². The van der Waals surface area contributed by atoms with Crippen molar-refractivity contribution in [3.05, 3.63) is 45.2 Å². The van der Waals surface area contributed by atoms with E-state index in [-0.39, 0.29) is 13.2 Å². The Balaban J connectivity index is 2.38. The maximum Gasteiger partial charge on any atom is 0.407 e. The summed E-state index contributed by atoms with van der Waals surface area (Å²) in [7, 11) is 2.92. The van der Waals surface area contributed by atoms with E-state index in [9.17, 15) is 9.59 Å². The molecule has 1 heterocycles. The molecular weight excluding hydrogens is 383 g/mol. The van der Waals surface area contributed by atoms with Crippen molar-refractivity contribution in [2.75, 3.05) is 14.1 Å². The van der Waals surface area contributed by atoms with Crippen LogP contribution in [0, 0.1) is 6.92 Å². The lowest BCUT2D eigenvalue weighted by Crippen LogP contribution is -2.20. The minimum Gasteiger partial charge on any atom is -0.445 e. The molecule has 0 fully saturated rings. The topological polar surface area (TPSA) is 94.5 Å². The van der Waals surface area contributed by atoms with Crippen molar-refractivity contribution in [2.45, 2.75) is 20.1 Å². The van der Waals surface area contributed by atoms with Crippen molar-refractivity contribution in [3.63, 3.8) is 0 Å². The molecule has 0 unspecified atom stereocenters. The number of ether oxygens (including phenoxy) is 2. The summed E-state index contributed by atoms with van der Waals surface area (Å²) in [5, 5.41) is 9.99. The van der Waals surface area contributed by atoms with Gasteiger partial charge in [0.1, 0.15) is 18.9 Å². The summed E-state index contributed by atoms with van der Waals surface area (Å²) in [6, 6.07) is 5.07. The van der Waals surface area contributed by atoms with E-state index in [1.165, 1.54) is 14.1 Å². The molecule has 0 saturated heterocycles. The first-order valence-corrected chi connectivity index (χ1v) is 8.34. The highest BCUT2D eigenvalue weighted by molar-refractivity contribution is 6.42. The number of benzene rings is 1. The van der Waals surface area contributed by atoms with E-state index in [2.05, 4.69) is 15.7 Å². The molecule has 8 nitrogen and oxygen atoms in total. The summed E-state index contributed by atoms with van der Waals surface area (Å²) in [5.41, 5.74) is 2.47. The molecule has 0 aliphatic heterocycles. The van der Waals surface area contributed by atoms with Crippen LogP contribution in [0.5, 0.6) is 0 Å². The Labute approximate surface area is 160 Å². The average molecular weight is 401 g/mol.